The first-order valence-corrected chi connectivity index (χ1v) is 10.2. The lowest BCUT2D eigenvalue weighted by Gasteiger charge is -2.27. The van der Waals surface area contributed by atoms with E-state index in [1.165, 1.54) is 11.8 Å². The topological polar surface area (TPSA) is 83.6 Å². The molecule has 1 amide bonds. The van der Waals surface area contributed by atoms with Crippen LogP contribution in [0.15, 0.2) is 46.5 Å². The van der Waals surface area contributed by atoms with Gasteiger partial charge in [0.15, 0.2) is 11.0 Å². The molecule has 0 aliphatic heterocycles. The lowest BCUT2D eigenvalue weighted by Crippen LogP contribution is -2.49. The Morgan fingerprint density at radius 3 is 2.67 bits per heavy atom. The monoisotopic (exact) mass is 447 g/mol. The standard InChI is InChI=1S/C19H22BrN5OS/c1-5-10-25-17(14-6-8-15(20)9-7-14)23-24-18(25)27-11-16(26)22-19(4,12-21)13(2)3/h5-9,13H,1,10-11H2,2-4H3,(H,22,26)/t19-/m0/s1. The Morgan fingerprint density at radius 2 is 2.11 bits per heavy atom. The second-order valence-corrected chi connectivity index (χ2v) is 8.38. The molecule has 1 heterocycles. The van der Waals surface area contributed by atoms with Crippen LogP contribution in [0.3, 0.4) is 0 Å². The molecule has 1 atom stereocenters. The number of nitrogens with zero attached hydrogens (tertiary/aromatic N) is 4. The van der Waals surface area contributed by atoms with Crippen molar-refractivity contribution in [3.8, 4) is 17.5 Å². The Balaban J connectivity index is 2.15. The largest absolute Gasteiger partial charge is 0.337 e. The van der Waals surface area contributed by atoms with Crippen LogP contribution in [0.2, 0.25) is 0 Å². The molecule has 1 N–H and O–H groups in total. The molecule has 1 aromatic carbocycles. The molecule has 0 aliphatic rings. The average molecular weight is 448 g/mol. The molecule has 0 spiro atoms. The van der Waals surface area contributed by atoms with E-state index in [-0.39, 0.29) is 17.6 Å². The van der Waals surface area contributed by atoms with Gasteiger partial charge in [0, 0.05) is 16.6 Å². The van der Waals surface area contributed by atoms with Crippen molar-refractivity contribution in [2.24, 2.45) is 5.92 Å². The number of nitrogens with one attached hydrogen (secondary N) is 1. The molecule has 0 bridgehead atoms. The van der Waals surface area contributed by atoms with Gasteiger partial charge in [-0.2, -0.15) is 5.26 Å². The van der Waals surface area contributed by atoms with Crippen molar-refractivity contribution in [1.29, 1.82) is 5.26 Å². The minimum Gasteiger partial charge on any atom is -0.337 e. The van der Waals surface area contributed by atoms with Crippen LogP contribution in [0, 0.1) is 17.2 Å². The van der Waals surface area contributed by atoms with Gasteiger partial charge in [0.2, 0.25) is 5.91 Å². The van der Waals surface area contributed by atoms with Gasteiger partial charge in [-0.15, -0.1) is 16.8 Å². The van der Waals surface area contributed by atoms with Gasteiger partial charge in [0.05, 0.1) is 11.8 Å². The molecule has 27 heavy (non-hydrogen) atoms. The van der Waals surface area contributed by atoms with Gasteiger partial charge in [-0.05, 0) is 25.0 Å². The van der Waals surface area contributed by atoms with Gasteiger partial charge in [0.25, 0.3) is 0 Å². The summed E-state index contributed by atoms with van der Waals surface area (Å²) in [5.74, 6) is 0.662. The summed E-state index contributed by atoms with van der Waals surface area (Å²) in [5.41, 5.74) is 0.0374. The van der Waals surface area contributed by atoms with E-state index in [9.17, 15) is 10.1 Å². The third-order valence-electron chi connectivity index (χ3n) is 4.25. The van der Waals surface area contributed by atoms with E-state index in [0.717, 1.165) is 10.0 Å². The Morgan fingerprint density at radius 1 is 1.44 bits per heavy atom. The molecule has 0 fully saturated rings. The van der Waals surface area contributed by atoms with Crippen molar-refractivity contribution in [3.63, 3.8) is 0 Å². The van der Waals surface area contributed by atoms with Gasteiger partial charge in [-0.1, -0.05) is 59.7 Å². The van der Waals surface area contributed by atoms with Crippen LogP contribution in [-0.2, 0) is 11.3 Å². The number of thioether (sulfide) groups is 1. The van der Waals surface area contributed by atoms with Crippen molar-refractivity contribution in [2.45, 2.75) is 38.0 Å². The van der Waals surface area contributed by atoms with E-state index in [4.69, 9.17) is 0 Å². The van der Waals surface area contributed by atoms with E-state index < -0.39 is 5.54 Å². The van der Waals surface area contributed by atoms with E-state index in [0.29, 0.717) is 17.5 Å². The second-order valence-electron chi connectivity index (χ2n) is 6.52. The van der Waals surface area contributed by atoms with Crippen LogP contribution in [0.1, 0.15) is 20.8 Å². The highest BCUT2D eigenvalue weighted by atomic mass is 79.9. The molecule has 0 aliphatic carbocycles. The number of rotatable bonds is 8. The third kappa shape index (κ3) is 5.21. The highest BCUT2D eigenvalue weighted by Crippen LogP contribution is 2.25. The quantitative estimate of drug-likeness (QED) is 0.487. The maximum Gasteiger partial charge on any atom is 0.231 e. The summed E-state index contributed by atoms with van der Waals surface area (Å²) in [4.78, 5) is 12.3. The maximum atomic E-state index is 12.3. The predicted molar refractivity (Wildman–Crippen MR) is 111 cm³/mol. The van der Waals surface area contributed by atoms with Gasteiger partial charge in [-0.3, -0.25) is 9.36 Å². The zero-order valence-electron chi connectivity index (χ0n) is 15.6. The van der Waals surface area contributed by atoms with Gasteiger partial charge in [0.1, 0.15) is 5.54 Å². The predicted octanol–water partition coefficient (Wildman–Crippen LogP) is 4.04. The van der Waals surface area contributed by atoms with Crippen LogP contribution >= 0.6 is 27.7 Å². The number of amides is 1. The van der Waals surface area contributed by atoms with Gasteiger partial charge in [-0.25, -0.2) is 0 Å². The molecule has 6 nitrogen and oxygen atoms in total. The minimum atomic E-state index is -0.894. The number of hydrogen-bond acceptors (Lipinski definition) is 5. The summed E-state index contributed by atoms with van der Waals surface area (Å²) in [7, 11) is 0. The Hall–Kier alpha value is -2.11. The summed E-state index contributed by atoms with van der Waals surface area (Å²) < 4.78 is 2.90. The number of carbonyl (C=O) groups is 1. The number of allylic oxidation sites excluding steroid dienone is 1. The second kappa shape index (κ2) is 9.20. The molecule has 8 heteroatoms. The number of aromatic nitrogens is 3. The molecule has 0 unspecified atom stereocenters. The number of hydrogen-bond donors (Lipinski definition) is 1. The van der Waals surface area contributed by atoms with Gasteiger partial charge >= 0.3 is 0 Å². The summed E-state index contributed by atoms with van der Waals surface area (Å²) in [6.45, 7) is 9.86. The SMILES string of the molecule is C=CCn1c(SCC(=O)N[C@@](C)(C#N)C(C)C)nnc1-c1ccc(Br)cc1. The molecule has 2 rings (SSSR count). The maximum absolute atomic E-state index is 12.3. The van der Waals surface area contributed by atoms with E-state index in [1.807, 2.05) is 42.7 Å². The van der Waals surface area contributed by atoms with E-state index in [2.05, 4.69) is 44.1 Å². The zero-order valence-corrected chi connectivity index (χ0v) is 18.0. The van der Waals surface area contributed by atoms with Crippen LogP contribution in [0.4, 0.5) is 0 Å². The molecule has 0 saturated carbocycles. The van der Waals surface area contributed by atoms with Crippen molar-refractivity contribution in [1.82, 2.24) is 20.1 Å². The first-order chi connectivity index (χ1) is 12.8. The molecule has 1 aromatic heterocycles. The molecular weight excluding hydrogens is 426 g/mol. The third-order valence-corrected chi connectivity index (χ3v) is 5.74. The Labute approximate surface area is 172 Å². The molecule has 2 aromatic rings. The first-order valence-electron chi connectivity index (χ1n) is 8.45. The summed E-state index contributed by atoms with van der Waals surface area (Å²) in [5, 5.41) is 21.3. The Bertz CT molecular complexity index is 856. The Kier molecular flexibility index (Phi) is 7.22. The van der Waals surface area contributed by atoms with Crippen molar-refractivity contribution < 1.29 is 4.79 Å². The molecule has 142 valence electrons. The molecule has 0 saturated heterocycles. The number of carbonyl (C=O) groups excluding carboxylic acids is 1. The average Bonchev–Trinajstić information content (AvgIpc) is 3.03. The van der Waals surface area contributed by atoms with Crippen molar-refractivity contribution in [3.05, 3.63) is 41.4 Å². The first kappa shape index (κ1) is 21.2. The number of nitriles is 1. The zero-order chi connectivity index (χ0) is 20.0. The fourth-order valence-electron chi connectivity index (χ4n) is 2.26. The fourth-order valence-corrected chi connectivity index (χ4v) is 3.27. The molecule has 0 radical (unpaired) electrons. The highest BCUT2D eigenvalue weighted by molar-refractivity contribution is 9.10. The summed E-state index contributed by atoms with van der Waals surface area (Å²) in [6.07, 6.45) is 1.77. The van der Waals surface area contributed by atoms with Crippen molar-refractivity contribution >= 4 is 33.6 Å². The minimum absolute atomic E-state index is 0.00451. The summed E-state index contributed by atoms with van der Waals surface area (Å²) in [6, 6.07) is 9.97. The van der Waals surface area contributed by atoms with Crippen LogP contribution < -0.4 is 5.32 Å². The normalized spacial score (nSPS) is 13.0. The summed E-state index contributed by atoms with van der Waals surface area (Å²) >= 11 is 4.71. The van der Waals surface area contributed by atoms with E-state index in [1.54, 1.807) is 13.0 Å². The lowest BCUT2D eigenvalue weighted by molar-refractivity contribution is -0.120. The van der Waals surface area contributed by atoms with Crippen LogP contribution in [-0.4, -0.2) is 32.0 Å². The van der Waals surface area contributed by atoms with Crippen LogP contribution in [0.25, 0.3) is 11.4 Å². The number of benzene rings is 1. The van der Waals surface area contributed by atoms with E-state index >= 15 is 0 Å². The molecular formula is C19H22BrN5OS. The lowest BCUT2D eigenvalue weighted by atomic mass is 9.90. The smallest absolute Gasteiger partial charge is 0.231 e. The highest BCUT2D eigenvalue weighted by Gasteiger charge is 2.30. The number of halogens is 1. The fraction of sp³-hybridized carbons (Fsp3) is 0.368. The van der Waals surface area contributed by atoms with Gasteiger partial charge < -0.3 is 5.32 Å². The van der Waals surface area contributed by atoms with Crippen LogP contribution in [0.5, 0.6) is 0 Å². The van der Waals surface area contributed by atoms with Crippen molar-refractivity contribution in [2.75, 3.05) is 5.75 Å².